The van der Waals surface area contributed by atoms with Crippen LogP contribution in [0.4, 0.5) is 14.5 Å². The SMILES string of the molecule is Nc1c(C(F)F)cc(CCl)nc1I. The summed E-state index contributed by atoms with van der Waals surface area (Å²) in [5.74, 6) is 0.107. The number of nitrogens with zero attached hydrogens (tertiary/aromatic N) is 1. The monoisotopic (exact) mass is 318 g/mol. The van der Waals surface area contributed by atoms with Crippen molar-refractivity contribution in [3.05, 3.63) is 21.0 Å². The van der Waals surface area contributed by atoms with Gasteiger partial charge in [0, 0.05) is 5.56 Å². The van der Waals surface area contributed by atoms with Crippen molar-refractivity contribution in [1.29, 1.82) is 0 Å². The molecule has 2 N–H and O–H groups in total. The minimum atomic E-state index is -2.58. The van der Waals surface area contributed by atoms with E-state index in [4.69, 9.17) is 17.3 Å². The highest BCUT2D eigenvalue weighted by Gasteiger charge is 2.15. The molecule has 72 valence electrons. The van der Waals surface area contributed by atoms with Gasteiger partial charge in [0.15, 0.2) is 0 Å². The highest BCUT2D eigenvalue weighted by atomic mass is 127. The first-order valence-corrected chi connectivity index (χ1v) is 4.96. The molecule has 0 amide bonds. The quantitative estimate of drug-likeness (QED) is 0.517. The van der Waals surface area contributed by atoms with E-state index in [2.05, 4.69) is 4.98 Å². The molecule has 0 saturated heterocycles. The number of nitrogens with two attached hydrogens (primary N) is 1. The van der Waals surface area contributed by atoms with E-state index < -0.39 is 6.43 Å². The molecule has 0 aliphatic carbocycles. The first kappa shape index (κ1) is 10.9. The Hall–Kier alpha value is -0.170. The van der Waals surface area contributed by atoms with Gasteiger partial charge in [0.25, 0.3) is 6.43 Å². The summed E-state index contributed by atoms with van der Waals surface area (Å²) < 4.78 is 25.1. The summed E-state index contributed by atoms with van der Waals surface area (Å²) in [5, 5.41) is 0. The fourth-order valence-electron chi connectivity index (χ4n) is 0.844. The Kier molecular flexibility index (Phi) is 3.66. The van der Waals surface area contributed by atoms with Crippen LogP contribution in [0.25, 0.3) is 0 Å². The van der Waals surface area contributed by atoms with Crippen LogP contribution in [0.15, 0.2) is 6.07 Å². The molecule has 1 rings (SSSR count). The number of nitrogen functional groups attached to an aromatic ring is 1. The molecule has 0 aliphatic rings. The van der Waals surface area contributed by atoms with Crippen LogP contribution in [0.2, 0.25) is 0 Å². The maximum atomic E-state index is 12.4. The van der Waals surface area contributed by atoms with Gasteiger partial charge in [0.1, 0.15) is 3.70 Å². The average molecular weight is 318 g/mol. The van der Waals surface area contributed by atoms with Crippen molar-refractivity contribution in [2.24, 2.45) is 0 Å². The van der Waals surface area contributed by atoms with Crippen LogP contribution in [-0.4, -0.2) is 4.98 Å². The molecular formula is C7H6ClF2IN2. The standard InChI is InChI=1S/C7H6ClF2IN2/c8-2-3-1-4(6(9)10)5(12)7(11)13-3/h1,6H,2,12H2. The summed E-state index contributed by atoms with van der Waals surface area (Å²) in [5.41, 5.74) is 5.66. The molecule has 1 heterocycles. The van der Waals surface area contributed by atoms with Crippen molar-refractivity contribution in [3.8, 4) is 0 Å². The van der Waals surface area contributed by atoms with Crippen molar-refractivity contribution in [3.63, 3.8) is 0 Å². The van der Waals surface area contributed by atoms with Crippen molar-refractivity contribution in [2.75, 3.05) is 5.73 Å². The van der Waals surface area contributed by atoms with E-state index in [1.807, 2.05) is 0 Å². The normalized spacial score (nSPS) is 10.8. The van der Waals surface area contributed by atoms with E-state index in [1.165, 1.54) is 6.07 Å². The number of anilines is 1. The largest absolute Gasteiger partial charge is 0.396 e. The number of rotatable bonds is 2. The molecule has 0 bridgehead atoms. The predicted octanol–water partition coefficient (Wildman–Crippen LogP) is 2.94. The molecule has 0 unspecified atom stereocenters. The van der Waals surface area contributed by atoms with E-state index in [-0.39, 0.29) is 17.1 Å². The zero-order chi connectivity index (χ0) is 10.0. The van der Waals surface area contributed by atoms with Crippen molar-refractivity contribution >= 4 is 39.9 Å². The average Bonchev–Trinajstić information content (AvgIpc) is 2.09. The van der Waals surface area contributed by atoms with Gasteiger partial charge in [-0.2, -0.15) is 0 Å². The van der Waals surface area contributed by atoms with E-state index in [0.29, 0.717) is 9.39 Å². The summed E-state index contributed by atoms with van der Waals surface area (Å²) >= 11 is 7.28. The van der Waals surface area contributed by atoms with E-state index in [9.17, 15) is 8.78 Å². The van der Waals surface area contributed by atoms with Gasteiger partial charge in [-0.15, -0.1) is 11.6 Å². The molecule has 0 atom stereocenters. The highest BCUT2D eigenvalue weighted by molar-refractivity contribution is 14.1. The number of alkyl halides is 3. The van der Waals surface area contributed by atoms with Crippen LogP contribution in [0.1, 0.15) is 17.7 Å². The molecule has 0 radical (unpaired) electrons. The lowest BCUT2D eigenvalue weighted by Crippen LogP contribution is -2.02. The minimum absolute atomic E-state index is 0.0319. The summed E-state index contributed by atoms with van der Waals surface area (Å²) in [4.78, 5) is 3.93. The second kappa shape index (κ2) is 4.36. The molecule has 6 heteroatoms. The molecule has 1 aromatic heterocycles. The molecule has 0 aliphatic heterocycles. The van der Waals surface area contributed by atoms with Gasteiger partial charge >= 0.3 is 0 Å². The van der Waals surface area contributed by atoms with Gasteiger partial charge < -0.3 is 5.73 Å². The minimum Gasteiger partial charge on any atom is -0.396 e. The van der Waals surface area contributed by atoms with Crippen LogP contribution in [0.3, 0.4) is 0 Å². The lowest BCUT2D eigenvalue weighted by Gasteiger charge is -2.07. The van der Waals surface area contributed by atoms with Gasteiger partial charge in [-0.05, 0) is 28.7 Å². The van der Waals surface area contributed by atoms with Crippen LogP contribution in [0, 0.1) is 3.70 Å². The Morgan fingerprint density at radius 3 is 2.69 bits per heavy atom. The maximum absolute atomic E-state index is 12.4. The molecule has 0 aromatic carbocycles. The molecule has 13 heavy (non-hydrogen) atoms. The Labute approximate surface area is 92.6 Å². The number of hydrogen-bond acceptors (Lipinski definition) is 2. The van der Waals surface area contributed by atoms with Crippen LogP contribution in [0.5, 0.6) is 0 Å². The summed E-state index contributed by atoms with van der Waals surface area (Å²) in [6.45, 7) is 0. The first-order chi connectivity index (χ1) is 6.06. The second-order valence-electron chi connectivity index (χ2n) is 2.34. The molecule has 0 fully saturated rings. The third kappa shape index (κ3) is 2.40. The maximum Gasteiger partial charge on any atom is 0.265 e. The number of aromatic nitrogens is 1. The molecule has 0 saturated carbocycles. The Morgan fingerprint density at radius 1 is 1.62 bits per heavy atom. The topological polar surface area (TPSA) is 38.9 Å². The Balaban J connectivity index is 3.25. The third-order valence-electron chi connectivity index (χ3n) is 1.47. The fraction of sp³-hybridized carbons (Fsp3) is 0.286. The molecule has 2 nitrogen and oxygen atoms in total. The number of halogens is 4. The molecule has 0 spiro atoms. The van der Waals surface area contributed by atoms with Crippen molar-refractivity contribution in [2.45, 2.75) is 12.3 Å². The lowest BCUT2D eigenvalue weighted by molar-refractivity contribution is 0.152. The van der Waals surface area contributed by atoms with Gasteiger partial charge in [-0.25, -0.2) is 13.8 Å². The van der Waals surface area contributed by atoms with Gasteiger partial charge in [0.2, 0.25) is 0 Å². The van der Waals surface area contributed by atoms with Crippen molar-refractivity contribution in [1.82, 2.24) is 4.98 Å². The van der Waals surface area contributed by atoms with Gasteiger partial charge in [-0.3, -0.25) is 0 Å². The molecule has 1 aromatic rings. The van der Waals surface area contributed by atoms with Crippen LogP contribution in [-0.2, 0) is 5.88 Å². The Morgan fingerprint density at radius 2 is 2.23 bits per heavy atom. The summed E-state index contributed by atoms with van der Waals surface area (Å²) in [6, 6.07) is 1.23. The van der Waals surface area contributed by atoms with E-state index >= 15 is 0 Å². The smallest absolute Gasteiger partial charge is 0.265 e. The second-order valence-corrected chi connectivity index (χ2v) is 3.63. The zero-order valence-electron chi connectivity index (χ0n) is 6.40. The zero-order valence-corrected chi connectivity index (χ0v) is 9.31. The lowest BCUT2D eigenvalue weighted by atomic mass is 10.2. The molecular weight excluding hydrogens is 312 g/mol. The summed E-state index contributed by atoms with van der Waals surface area (Å²) in [7, 11) is 0. The van der Waals surface area contributed by atoms with Crippen molar-refractivity contribution < 1.29 is 8.78 Å². The summed E-state index contributed by atoms with van der Waals surface area (Å²) in [6.07, 6.45) is -2.58. The van der Waals surface area contributed by atoms with Crippen LogP contribution < -0.4 is 5.73 Å². The highest BCUT2D eigenvalue weighted by Crippen LogP contribution is 2.28. The first-order valence-electron chi connectivity index (χ1n) is 3.35. The fourth-order valence-corrected chi connectivity index (χ4v) is 1.60. The van der Waals surface area contributed by atoms with E-state index in [1.54, 1.807) is 22.6 Å². The van der Waals surface area contributed by atoms with Crippen LogP contribution >= 0.6 is 34.2 Å². The number of pyridine rings is 1. The van der Waals surface area contributed by atoms with E-state index in [0.717, 1.165) is 0 Å². The van der Waals surface area contributed by atoms with Gasteiger partial charge in [-0.1, -0.05) is 0 Å². The third-order valence-corrected chi connectivity index (χ3v) is 2.57. The predicted molar refractivity (Wildman–Crippen MR) is 55.9 cm³/mol. The van der Waals surface area contributed by atoms with Gasteiger partial charge in [0.05, 0.1) is 17.3 Å². The Bertz CT molecular complexity index is 320. The number of hydrogen-bond donors (Lipinski definition) is 1.